The predicted molar refractivity (Wildman–Crippen MR) is 73.8 cm³/mol. The molecule has 0 aliphatic rings. The molecule has 0 bridgehead atoms. The second-order valence-corrected chi connectivity index (χ2v) is 4.32. The zero-order valence-electron chi connectivity index (χ0n) is 10.6. The Hall–Kier alpha value is -1.03. The number of aromatic nitrogens is 2. The van der Waals surface area contributed by atoms with E-state index in [9.17, 15) is 0 Å². The Morgan fingerprint density at radius 3 is 2.71 bits per heavy atom. The fourth-order valence-corrected chi connectivity index (χ4v) is 1.65. The Kier molecular flexibility index (Phi) is 6.70. The highest BCUT2D eigenvalue weighted by molar-refractivity contribution is 6.32. The molecule has 0 aromatic carbocycles. The number of hydrogen-bond donors (Lipinski definition) is 2. The first-order valence-corrected chi connectivity index (χ1v) is 6.66. The molecule has 0 spiro atoms. The fraction of sp³-hybridized carbons (Fsp3) is 0.667. The van der Waals surface area contributed by atoms with Gasteiger partial charge in [0.2, 0.25) is 5.95 Å². The number of unbranched alkanes of at least 4 members (excludes halogenated alkanes) is 3. The van der Waals surface area contributed by atoms with Crippen molar-refractivity contribution in [1.29, 1.82) is 0 Å². The molecule has 0 aliphatic carbocycles. The second kappa shape index (κ2) is 8.12. The summed E-state index contributed by atoms with van der Waals surface area (Å²) in [6, 6.07) is 0. The molecule has 96 valence electrons. The van der Waals surface area contributed by atoms with Gasteiger partial charge in [0.25, 0.3) is 0 Å². The van der Waals surface area contributed by atoms with Crippen LogP contribution in [0.15, 0.2) is 6.20 Å². The Labute approximate surface area is 108 Å². The van der Waals surface area contributed by atoms with Crippen LogP contribution in [0.4, 0.5) is 11.8 Å². The van der Waals surface area contributed by atoms with Crippen molar-refractivity contribution in [3.63, 3.8) is 0 Å². The van der Waals surface area contributed by atoms with Crippen LogP contribution in [-0.4, -0.2) is 23.1 Å². The highest BCUT2D eigenvalue weighted by Gasteiger charge is 2.03. The molecule has 1 rings (SSSR count). The quantitative estimate of drug-likeness (QED) is 0.699. The molecule has 2 N–H and O–H groups in total. The van der Waals surface area contributed by atoms with Crippen LogP contribution in [0.1, 0.15) is 39.5 Å². The lowest BCUT2D eigenvalue weighted by Crippen LogP contribution is -2.08. The Bertz CT molecular complexity index is 330. The summed E-state index contributed by atoms with van der Waals surface area (Å²) >= 11 is 6.02. The van der Waals surface area contributed by atoms with Crippen LogP contribution in [0.5, 0.6) is 0 Å². The van der Waals surface area contributed by atoms with Crippen molar-refractivity contribution in [2.45, 2.75) is 39.5 Å². The Morgan fingerprint density at radius 1 is 1.18 bits per heavy atom. The third-order valence-corrected chi connectivity index (χ3v) is 2.68. The molecule has 0 amide bonds. The van der Waals surface area contributed by atoms with Crippen LogP contribution >= 0.6 is 11.6 Å². The summed E-state index contributed by atoms with van der Waals surface area (Å²) in [5.74, 6) is 1.34. The molecule has 0 saturated heterocycles. The molecular weight excluding hydrogens is 236 g/mol. The SMILES string of the molecule is CCCCCCNc1nc(NCC)ncc1Cl. The topological polar surface area (TPSA) is 49.8 Å². The van der Waals surface area contributed by atoms with Gasteiger partial charge in [0.1, 0.15) is 10.8 Å². The molecule has 0 fully saturated rings. The summed E-state index contributed by atoms with van der Waals surface area (Å²) in [5.41, 5.74) is 0. The van der Waals surface area contributed by atoms with E-state index >= 15 is 0 Å². The molecule has 0 atom stereocenters. The van der Waals surface area contributed by atoms with Gasteiger partial charge in [-0.2, -0.15) is 4.98 Å². The van der Waals surface area contributed by atoms with Crippen LogP contribution in [0, 0.1) is 0 Å². The summed E-state index contributed by atoms with van der Waals surface area (Å²) in [4.78, 5) is 8.41. The minimum atomic E-state index is 0.571. The molecule has 1 aromatic rings. The monoisotopic (exact) mass is 256 g/mol. The van der Waals surface area contributed by atoms with E-state index in [1.165, 1.54) is 19.3 Å². The maximum absolute atomic E-state index is 6.02. The van der Waals surface area contributed by atoms with Crippen molar-refractivity contribution in [2.24, 2.45) is 0 Å². The molecule has 0 aliphatic heterocycles. The lowest BCUT2D eigenvalue weighted by atomic mass is 10.2. The Morgan fingerprint density at radius 2 is 2.00 bits per heavy atom. The van der Waals surface area contributed by atoms with Crippen molar-refractivity contribution in [1.82, 2.24) is 9.97 Å². The molecule has 5 heteroatoms. The van der Waals surface area contributed by atoms with Gasteiger partial charge in [-0.15, -0.1) is 0 Å². The zero-order valence-corrected chi connectivity index (χ0v) is 11.3. The fourth-order valence-electron chi connectivity index (χ4n) is 1.49. The molecule has 4 nitrogen and oxygen atoms in total. The molecule has 0 unspecified atom stereocenters. The van der Waals surface area contributed by atoms with Crippen molar-refractivity contribution in [3.05, 3.63) is 11.2 Å². The van der Waals surface area contributed by atoms with Gasteiger partial charge in [0.05, 0.1) is 6.20 Å². The minimum absolute atomic E-state index is 0.571. The first kappa shape index (κ1) is 14.0. The van der Waals surface area contributed by atoms with E-state index in [2.05, 4.69) is 27.5 Å². The van der Waals surface area contributed by atoms with Gasteiger partial charge in [-0.25, -0.2) is 4.98 Å². The molecule has 0 saturated carbocycles. The summed E-state index contributed by atoms with van der Waals surface area (Å²) in [6.07, 6.45) is 6.54. The normalized spacial score (nSPS) is 10.3. The van der Waals surface area contributed by atoms with Gasteiger partial charge in [-0.1, -0.05) is 37.8 Å². The van der Waals surface area contributed by atoms with Crippen molar-refractivity contribution in [2.75, 3.05) is 23.7 Å². The average Bonchev–Trinajstić information content (AvgIpc) is 2.33. The van der Waals surface area contributed by atoms with E-state index in [-0.39, 0.29) is 0 Å². The van der Waals surface area contributed by atoms with Gasteiger partial charge < -0.3 is 10.6 Å². The standard InChI is InChI=1S/C12H21ClN4/c1-3-5-6-7-8-15-11-10(13)9-16-12(17-11)14-4-2/h9H,3-8H2,1-2H3,(H2,14,15,16,17). The lowest BCUT2D eigenvalue weighted by molar-refractivity contribution is 0.684. The number of rotatable bonds is 8. The Balaban J connectivity index is 2.42. The van der Waals surface area contributed by atoms with Crippen LogP contribution in [0.2, 0.25) is 5.02 Å². The van der Waals surface area contributed by atoms with Crippen molar-refractivity contribution >= 4 is 23.4 Å². The predicted octanol–water partition coefficient (Wildman–Crippen LogP) is 3.55. The summed E-state index contributed by atoms with van der Waals surface area (Å²) < 4.78 is 0. The van der Waals surface area contributed by atoms with Gasteiger partial charge in [0.15, 0.2) is 0 Å². The van der Waals surface area contributed by atoms with E-state index in [4.69, 9.17) is 11.6 Å². The van der Waals surface area contributed by atoms with Crippen molar-refractivity contribution < 1.29 is 0 Å². The highest BCUT2D eigenvalue weighted by Crippen LogP contribution is 2.19. The van der Waals surface area contributed by atoms with Crippen LogP contribution < -0.4 is 10.6 Å². The highest BCUT2D eigenvalue weighted by atomic mass is 35.5. The number of nitrogens with one attached hydrogen (secondary N) is 2. The maximum Gasteiger partial charge on any atom is 0.224 e. The molecular formula is C12H21ClN4. The maximum atomic E-state index is 6.02. The van der Waals surface area contributed by atoms with Crippen molar-refractivity contribution in [3.8, 4) is 0 Å². The first-order valence-electron chi connectivity index (χ1n) is 6.28. The van der Waals surface area contributed by atoms with Crippen LogP contribution in [0.25, 0.3) is 0 Å². The molecule has 1 heterocycles. The molecule has 17 heavy (non-hydrogen) atoms. The minimum Gasteiger partial charge on any atom is -0.369 e. The lowest BCUT2D eigenvalue weighted by Gasteiger charge is -2.08. The van der Waals surface area contributed by atoms with E-state index in [0.29, 0.717) is 16.8 Å². The van der Waals surface area contributed by atoms with Gasteiger partial charge in [-0.3, -0.25) is 0 Å². The third kappa shape index (κ3) is 5.22. The first-order chi connectivity index (χ1) is 8.27. The number of nitrogens with zero attached hydrogens (tertiary/aromatic N) is 2. The third-order valence-electron chi connectivity index (χ3n) is 2.40. The second-order valence-electron chi connectivity index (χ2n) is 3.91. The zero-order chi connectivity index (χ0) is 12.5. The largest absolute Gasteiger partial charge is 0.369 e. The van der Waals surface area contributed by atoms with Gasteiger partial charge in [-0.05, 0) is 13.3 Å². The van der Waals surface area contributed by atoms with Crippen LogP contribution in [-0.2, 0) is 0 Å². The van der Waals surface area contributed by atoms with Gasteiger partial charge in [0, 0.05) is 13.1 Å². The van der Waals surface area contributed by atoms with Crippen LogP contribution in [0.3, 0.4) is 0 Å². The summed E-state index contributed by atoms with van der Waals surface area (Å²) in [7, 11) is 0. The van der Waals surface area contributed by atoms with E-state index in [1.807, 2.05) is 6.92 Å². The summed E-state index contributed by atoms with van der Waals surface area (Å²) in [6.45, 7) is 5.92. The average molecular weight is 257 g/mol. The van der Waals surface area contributed by atoms with Gasteiger partial charge >= 0.3 is 0 Å². The van der Waals surface area contributed by atoms with E-state index < -0.39 is 0 Å². The molecule has 1 aromatic heterocycles. The van der Waals surface area contributed by atoms with E-state index in [0.717, 1.165) is 19.5 Å². The number of anilines is 2. The number of hydrogen-bond acceptors (Lipinski definition) is 4. The molecule has 0 radical (unpaired) electrons. The smallest absolute Gasteiger partial charge is 0.224 e. The number of halogens is 1. The van der Waals surface area contributed by atoms with E-state index in [1.54, 1.807) is 6.20 Å². The summed E-state index contributed by atoms with van der Waals surface area (Å²) in [5, 5.41) is 6.88.